The van der Waals surface area contributed by atoms with Gasteiger partial charge in [-0.25, -0.2) is 4.79 Å². The van der Waals surface area contributed by atoms with E-state index in [-0.39, 0.29) is 6.54 Å². The number of hydrogen-bond acceptors (Lipinski definition) is 5. The lowest BCUT2D eigenvalue weighted by Gasteiger charge is -2.09. The van der Waals surface area contributed by atoms with E-state index in [1.165, 1.54) is 11.6 Å². The molecule has 0 saturated heterocycles. The minimum absolute atomic E-state index is 0.151. The molecule has 0 aliphatic rings. The maximum absolute atomic E-state index is 11.4. The van der Waals surface area contributed by atoms with Crippen molar-refractivity contribution in [2.75, 3.05) is 5.73 Å². The largest absolute Gasteiger partial charge is 0.479 e. The van der Waals surface area contributed by atoms with Crippen molar-refractivity contribution in [3.63, 3.8) is 0 Å². The summed E-state index contributed by atoms with van der Waals surface area (Å²) in [4.78, 5) is 21.9. The number of aliphatic carboxylic acids is 1. The topological polar surface area (TPSA) is 107 Å². The molecular formula is C10H15N3O4. The summed E-state index contributed by atoms with van der Waals surface area (Å²) in [5.74, 6) is -1.85. The maximum Gasteiger partial charge on any atom is 0.344 e. The Morgan fingerprint density at radius 3 is 2.53 bits per heavy atom. The Balaban J connectivity index is 2.69. The predicted molar refractivity (Wildman–Crippen MR) is 59.3 cm³/mol. The number of nitrogens with zero attached hydrogens (tertiary/aromatic N) is 2. The summed E-state index contributed by atoms with van der Waals surface area (Å²) in [6.45, 7) is 4.59. The number of ether oxygens (including phenoxy) is 1. The van der Waals surface area contributed by atoms with Gasteiger partial charge in [0.15, 0.2) is 6.10 Å². The van der Waals surface area contributed by atoms with Crippen molar-refractivity contribution in [2.45, 2.75) is 33.4 Å². The molecule has 1 aromatic heterocycles. The smallest absolute Gasteiger partial charge is 0.344 e. The van der Waals surface area contributed by atoms with Gasteiger partial charge in [0.05, 0.1) is 17.1 Å². The SMILES string of the molecule is Cc1nn(CC(=O)OC(C)C(=O)O)c(C)c1N. The number of rotatable bonds is 4. The number of carboxylic acids is 1. The summed E-state index contributed by atoms with van der Waals surface area (Å²) in [7, 11) is 0. The highest BCUT2D eigenvalue weighted by atomic mass is 16.6. The van der Waals surface area contributed by atoms with Crippen LogP contribution in [-0.2, 0) is 20.9 Å². The van der Waals surface area contributed by atoms with E-state index in [0.29, 0.717) is 17.1 Å². The van der Waals surface area contributed by atoms with Crippen molar-refractivity contribution >= 4 is 17.6 Å². The first-order valence-electron chi connectivity index (χ1n) is 5.04. The van der Waals surface area contributed by atoms with Gasteiger partial charge in [0, 0.05) is 0 Å². The third-order valence-electron chi connectivity index (χ3n) is 2.37. The van der Waals surface area contributed by atoms with Gasteiger partial charge in [0.1, 0.15) is 6.54 Å². The number of anilines is 1. The van der Waals surface area contributed by atoms with Crippen LogP contribution in [0, 0.1) is 13.8 Å². The number of nitrogens with two attached hydrogens (primary N) is 1. The second-order valence-electron chi connectivity index (χ2n) is 3.71. The zero-order valence-electron chi connectivity index (χ0n) is 9.93. The Kier molecular flexibility index (Phi) is 3.72. The minimum Gasteiger partial charge on any atom is -0.479 e. The van der Waals surface area contributed by atoms with Crippen molar-refractivity contribution in [2.24, 2.45) is 0 Å². The number of aryl methyl sites for hydroxylation is 1. The summed E-state index contributed by atoms with van der Waals surface area (Å²) in [5, 5.41) is 12.6. The van der Waals surface area contributed by atoms with E-state index in [9.17, 15) is 9.59 Å². The maximum atomic E-state index is 11.4. The van der Waals surface area contributed by atoms with Crippen LogP contribution in [0.25, 0.3) is 0 Å². The lowest BCUT2D eigenvalue weighted by atomic mass is 10.3. The molecule has 94 valence electrons. The third-order valence-corrected chi connectivity index (χ3v) is 2.37. The van der Waals surface area contributed by atoms with Crippen LogP contribution in [-0.4, -0.2) is 32.9 Å². The zero-order valence-corrected chi connectivity index (χ0v) is 9.93. The molecule has 1 heterocycles. The molecule has 3 N–H and O–H groups in total. The Morgan fingerprint density at radius 2 is 2.12 bits per heavy atom. The average Bonchev–Trinajstić information content (AvgIpc) is 2.46. The molecule has 1 atom stereocenters. The van der Waals surface area contributed by atoms with Gasteiger partial charge in [-0.2, -0.15) is 5.10 Å². The number of hydrogen-bond donors (Lipinski definition) is 2. The van der Waals surface area contributed by atoms with Crippen LogP contribution in [0.2, 0.25) is 0 Å². The molecule has 0 bridgehead atoms. The van der Waals surface area contributed by atoms with Crippen LogP contribution in [0.4, 0.5) is 5.69 Å². The van der Waals surface area contributed by atoms with Crippen LogP contribution >= 0.6 is 0 Å². The van der Waals surface area contributed by atoms with Crippen molar-refractivity contribution in [1.29, 1.82) is 0 Å². The minimum atomic E-state index is -1.19. The van der Waals surface area contributed by atoms with Crippen molar-refractivity contribution in [3.8, 4) is 0 Å². The molecule has 0 aliphatic carbocycles. The normalized spacial score (nSPS) is 12.2. The van der Waals surface area contributed by atoms with Crippen LogP contribution in [0.3, 0.4) is 0 Å². The lowest BCUT2D eigenvalue weighted by molar-refractivity contribution is -0.163. The van der Waals surface area contributed by atoms with Gasteiger partial charge in [-0.1, -0.05) is 0 Å². The molecule has 0 amide bonds. The molecule has 0 spiro atoms. The average molecular weight is 241 g/mol. The summed E-state index contributed by atoms with van der Waals surface area (Å²) >= 11 is 0. The number of esters is 1. The quantitative estimate of drug-likeness (QED) is 0.724. The van der Waals surface area contributed by atoms with Gasteiger partial charge in [0.25, 0.3) is 0 Å². The van der Waals surface area contributed by atoms with Gasteiger partial charge >= 0.3 is 11.9 Å². The highest BCUT2D eigenvalue weighted by Gasteiger charge is 2.18. The Bertz CT molecular complexity index is 453. The van der Waals surface area contributed by atoms with Crippen LogP contribution < -0.4 is 5.73 Å². The highest BCUT2D eigenvalue weighted by molar-refractivity contribution is 5.77. The second kappa shape index (κ2) is 4.86. The fourth-order valence-electron chi connectivity index (χ4n) is 1.27. The first kappa shape index (κ1) is 13.0. The third kappa shape index (κ3) is 2.96. The van der Waals surface area contributed by atoms with Crippen molar-refractivity contribution in [1.82, 2.24) is 9.78 Å². The molecular weight excluding hydrogens is 226 g/mol. The molecule has 0 fully saturated rings. The standard InChI is InChI=1S/C10H15N3O4/c1-5-9(11)6(2)13(12-5)4-8(14)17-7(3)10(15)16/h7H,4,11H2,1-3H3,(H,15,16). The van der Waals surface area contributed by atoms with E-state index >= 15 is 0 Å². The number of nitrogen functional groups attached to an aromatic ring is 1. The fraction of sp³-hybridized carbons (Fsp3) is 0.500. The first-order chi connectivity index (χ1) is 7.82. The highest BCUT2D eigenvalue weighted by Crippen LogP contribution is 2.14. The molecule has 0 aliphatic heterocycles. The molecule has 0 saturated carbocycles. The number of carboxylic acid groups (broad SMARTS) is 1. The van der Waals surface area contributed by atoms with E-state index in [4.69, 9.17) is 10.8 Å². The predicted octanol–water partition coefficient (Wildman–Crippen LogP) is 0.0984. The summed E-state index contributed by atoms with van der Waals surface area (Å²) in [5.41, 5.74) is 7.50. The number of carbonyl (C=O) groups is 2. The van der Waals surface area contributed by atoms with E-state index in [1.807, 2.05) is 0 Å². The zero-order chi connectivity index (χ0) is 13.2. The molecule has 17 heavy (non-hydrogen) atoms. The molecule has 7 heteroatoms. The first-order valence-corrected chi connectivity index (χ1v) is 5.04. The molecule has 1 rings (SSSR count). The van der Waals surface area contributed by atoms with Gasteiger partial charge < -0.3 is 15.6 Å². The second-order valence-corrected chi connectivity index (χ2v) is 3.71. The Labute approximate surface area is 98.2 Å². The molecule has 1 unspecified atom stereocenters. The van der Waals surface area contributed by atoms with Gasteiger partial charge in [-0.3, -0.25) is 9.48 Å². The summed E-state index contributed by atoms with van der Waals surface area (Å²) < 4.78 is 6.07. The Morgan fingerprint density at radius 1 is 1.53 bits per heavy atom. The van der Waals surface area contributed by atoms with Gasteiger partial charge in [-0.05, 0) is 20.8 Å². The van der Waals surface area contributed by atoms with E-state index < -0.39 is 18.0 Å². The lowest BCUT2D eigenvalue weighted by Crippen LogP contribution is -2.26. The molecule has 0 aromatic carbocycles. The Hall–Kier alpha value is -2.05. The van der Waals surface area contributed by atoms with Crippen LogP contribution in [0.15, 0.2) is 0 Å². The molecule has 0 radical (unpaired) electrons. The monoisotopic (exact) mass is 241 g/mol. The van der Waals surface area contributed by atoms with E-state index in [2.05, 4.69) is 9.84 Å². The fourth-order valence-corrected chi connectivity index (χ4v) is 1.27. The molecule has 1 aromatic rings. The van der Waals surface area contributed by atoms with Crippen LogP contribution in [0.1, 0.15) is 18.3 Å². The summed E-state index contributed by atoms with van der Waals surface area (Å²) in [6.07, 6.45) is -1.17. The number of aromatic nitrogens is 2. The van der Waals surface area contributed by atoms with Crippen molar-refractivity contribution < 1.29 is 19.4 Å². The van der Waals surface area contributed by atoms with E-state index in [1.54, 1.807) is 13.8 Å². The number of carbonyl (C=O) groups excluding carboxylic acids is 1. The van der Waals surface area contributed by atoms with Gasteiger partial charge in [-0.15, -0.1) is 0 Å². The van der Waals surface area contributed by atoms with Crippen molar-refractivity contribution in [3.05, 3.63) is 11.4 Å². The summed E-state index contributed by atoms with van der Waals surface area (Å²) in [6, 6.07) is 0. The molecule has 7 nitrogen and oxygen atoms in total. The van der Waals surface area contributed by atoms with Crippen LogP contribution in [0.5, 0.6) is 0 Å². The van der Waals surface area contributed by atoms with Gasteiger partial charge in [0.2, 0.25) is 0 Å². The van der Waals surface area contributed by atoms with E-state index in [0.717, 1.165) is 0 Å².